The SMILES string of the molecule is O=C(c1csnn1)N1CCCCC[C@H]1C[C@@H](O)c1ccco1. The number of nitrogens with zero attached hydrogens (tertiary/aromatic N) is 3. The van der Waals surface area contributed by atoms with Gasteiger partial charge in [0.05, 0.1) is 6.26 Å². The van der Waals surface area contributed by atoms with Gasteiger partial charge in [-0.2, -0.15) is 0 Å². The van der Waals surface area contributed by atoms with Crippen LogP contribution in [0, 0.1) is 0 Å². The fraction of sp³-hybridized carbons (Fsp3) is 0.533. The highest BCUT2D eigenvalue weighted by Gasteiger charge is 2.30. The standard InChI is InChI=1S/C15H19N3O3S/c19-13(14-6-4-8-21-14)9-11-5-2-1-3-7-18(11)15(20)12-10-22-17-16-12/h4,6,8,10-11,13,19H,1-3,5,7,9H2/t11-,13+/m0/s1. The van der Waals surface area contributed by atoms with Crippen LogP contribution in [-0.4, -0.2) is 38.1 Å². The van der Waals surface area contributed by atoms with Crippen molar-refractivity contribution >= 4 is 17.4 Å². The van der Waals surface area contributed by atoms with E-state index in [1.165, 1.54) is 11.5 Å². The minimum absolute atomic E-state index is 0.00296. The number of aliphatic hydroxyl groups excluding tert-OH is 1. The molecule has 3 rings (SSSR count). The van der Waals surface area contributed by atoms with Crippen molar-refractivity contribution in [3.05, 3.63) is 35.2 Å². The number of hydrogen-bond donors (Lipinski definition) is 1. The van der Waals surface area contributed by atoms with Gasteiger partial charge in [0, 0.05) is 24.4 Å². The number of carbonyl (C=O) groups is 1. The van der Waals surface area contributed by atoms with Gasteiger partial charge in [0.25, 0.3) is 5.91 Å². The third-order valence-electron chi connectivity index (χ3n) is 4.08. The molecule has 1 aliphatic heterocycles. The Kier molecular flexibility index (Phi) is 4.84. The topological polar surface area (TPSA) is 79.5 Å². The molecular formula is C15H19N3O3S. The number of aliphatic hydroxyl groups is 1. The van der Waals surface area contributed by atoms with Crippen LogP contribution in [0.5, 0.6) is 0 Å². The summed E-state index contributed by atoms with van der Waals surface area (Å²) >= 11 is 1.18. The first-order valence-corrected chi connectivity index (χ1v) is 8.39. The first-order chi connectivity index (χ1) is 10.8. The van der Waals surface area contributed by atoms with Gasteiger partial charge in [0.15, 0.2) is 5.69 Å². The molecule has 22 heavy (non-hydrogen) atoms. The minimum atomic E-state index is -0.693. The molecule has 1 aliphatic rings. The van der Waals surface area contributed by atoms with E-state index in [9.17, 15) is 9.90 Å². The molecule has 2 atom stereocenters. The predicted molar refractivity (Wildman–Crippen MR) is 81.5 cm³/mol. The molecule has 6 nitrogen and oxygen atoms in total. The molecule has 3 heterocycles. The summed E-state index contributed by atoms with van der Waals surface area (Å²) in [6.07, 6.45) is 5.38. The van der Waals surface area contributed by atoms with E-state index in [2.05, 4.69) is 9.59 Å². The van der Waals surface area contributed by atoms with Gasteiger partial charge in [-0.1, -0.05) is 17.3 Å². The molecule has 0 radical (unpaired) electrons. The molecule has 0 bridgehead atoms. The van der Waals surface area contributed by atoms with Crippen LogP contribution in [0.2, 0.25) is 0 Å². The third-order valence-corrected chi connectivity index (χ3v) is 4.59. The lowest BCUT2D eigenvalue weighted by atomic mass is 10.0. The number of carbonyl (C=O) groups excluding carboxylic acids is 1. The van der Waals surface area contributed by atoms with E-state index in [0.29, 0.717) is 24.4 Å². The van der Waals surface area contributed by atoms with E-state index < -0.39 is 6.10 Å². The Morgan fingerprint density at radius 1 is 1.50 bits per heavy atom. The molecule has 1 saturated heterocycles. The molecule has 1 amide bonds. The molecule has 1 N–H and O–H groups in total. The van der Waals surface area contributed by atoms with Gasteiger partial charge in [0.1, 0.15) is 11.9 Å². The lowest BCUT2D eigenvalue weighted by Crippen LogP contribution is -2.41. The average molecular weight is 321 g/mol. The van der Waals surface area contributed by atoms with E-state index in [0.717, 1.165) is 25.7 Å². The lowest BCUT2D eigenvalue weighted by molar-refractivity contribution is 0.0552. The summed E-state index contributed by atoms with van der Waals surface area (Å²) in [5.41, 5.74) is 0.393. The zero-order valence-electron chi connectivity index (χ0n) is 12.2. The zero-order chi connectivity index (χ0) is 15.4. The molecule has 118 valence electrons. The van der Waals surface area contributed by atoms with E-state index in [4.69, 9.17) is 4.42 Å². The first-order valence-electron chi connectivity index (χ1n) is 7.55. The second kappa shape index (κ2) is 7.02. The zero-order valence-corrected chi connectivity index (χ0v) is 13.0. The molecule has 1 fully saturated rings. The molecule has 2 aromatic rings. The lowest BCUT2D eigenvalue weighted by Gasteiger charge is -2.30. The van der Waals surface area contributed by atoms with Crippen LogP contribution in [0.4, 0.5) is 0 Å². The van der Waals surface area contributed by atoms with Gasteiger partial charge in [-0.25, -0.2) is 0 Å². The van der Waals surface area contributed by atoms with Gasteiger partial charge >= 0.3 is 0 Å². The monoisotopic (exact) mass is 321 g/mol. The second-order valence-electron chi connectivity index (χ2n) is 5.56. The van der Waals surface area contributed by atoms with Crippen LogP contribution < -0.4 is 0 Å². The van der Waals surface area contributed by atoms with Crippen LogP contribution in [0.15, 0.2) is 28.2 Å². The van der Waals surface area contributed by atoms with E-state index in [-0.39, 0.29) is 11.9 Å². The maximum absolute atomic E-state index is 12.6. The number of aromatic nitrogens is 2. The molecule has 7 heteroatoms. The van der Waals surface area contributed by atoms with E-state index in [1.807, 2.05) is 4.90 Å². The quantitative estimate of drug-likeness (QED) is 0.936. The van der Waals surface area contributed by atoms with Crippen LogP contribution in [0.1, 0.15) is 54.5 Å². The summed E-state index contributed by atoms with van der Waals surface area (Å²) in [6, 6.07) is 3.52. The molecule has 0 unspecified atom stereocenters. The molecule has 0 aliphatic carbocycles. The molecule has 2 aromatic heterocycles. The highest BCUT2D eigenvalue weighted by atomic mass is 32.1. The van der Waals surface area contributed by atoms with Crippen molar-refractivity contribution in [2.75, 3.05) is 6.54 Å². The van der Waals surface area contributed by atoms with Crippen molar-refractivity contribution < 1.29 is 14.3 Å². The van der Waals surface area contributed by atoms with Crippen molar-refractivity contribution in [3.63, 3.8) is 0 Å². The Morgan fingerprint density at radius 3 is 3.14 bits per heavy atom. The second-order valence-corrected chi connectivity index (χ2v) is 6.17. The Bertz CT molecular complexity index is 585. The van der Waals surface area contributed by atoms with Gasteiger partial charge < -0.3 is 14.4 Å². The first kappa shape index (κ1) is 15.2. The van der Waals surface area contributed by atoms with Crippen LogP contribution >= 0.6 is 11.5 Å². The third kappa shape index (κ3) is 3.36. The highest BCUT2D eigenvalue weighted by molar-refractivity contribution is 7.03. The van der Waals surface area contributed by atoms with Crippen molar-refractivity contribution in [1.29, 1.82) is 0 Å². The number of furan rings is 1. The van der Waals surface area contributed by atoms with Crippen molar-refractivity contribution in [3.8, 4) is 0 Å². The van der Waals surface area contributed by atoms with Gasteiger partial charge in [-0.3, -0.25) is 4.79 Å². The summed E-state index contributed by atoms with van der Waals surface area (Å²) in [5.74, 6) is 0.458. The van der Waals surface area contributed by atoms with Crippen LogP contribution in [0.25, 0.3) is 0 Å². The fourth-order valence-electron chi connectivity index (χ4n) is 2.95. The highest BCUT2D eigenvalue weighted by Crippen LogP contribution is 2.27. The Balaban J connectivity index is 1.74. The number of amides is 1. The van der Waals surface area contributed by atoms with Gasteiger partial charge in [-0.05, 0) is 36.5 Å². The Labute approximate surface area is 132 Å². The van der Waals surface area contributed by atoms with Crippen molar-refractivity contribution in [1.82, 2.24) is 14.5 Å². The summed E-state index contributed by atoms with van der Waals surface area (Å²) in [4.78, 5) is 14.5. The summed E-state index contributed by atoms with van der Waals surface area (Å²) in [6.45, 7) is 0.700. The van der Waals surface area contributed by atoms with Crippen molar-refractivity contribution in [2.45, 2.75) is 44.2 Å². The predicted octanol–water partition coefficient (Wildman–Crippen LogP) is 2.64. The molecular weight excluding hydrogens is 302 g/mol. The smallest absolute Gasteiger partial charge is 0.275 e. The summed E-state index contributed by atoms with van der Waals surface area (Å²) in [5, 5.41) is 15.9. The summed E-state index contributed by atoms with van der Waals surface area (Å²) < 4.78 is 9.03. The molecule has 0 spiro atoms. The Morgan fingerprint density at radius 2 is 2.41 bits per heavy atom. The number of likely N-dealkylation sites (tertiary alicyclic amines) is 1. The maximum Gasteiger partial charge on any atom is 0.275 e. The largest absolute Gasteiger partial charge is 0.467 e. The maximum atomic E-state index is 12.6. The summed E-state index contributed by atoms with van der Waals surface area (Å²) in [7, 11) is 0. The number of rotatable bonds is 4. The van der Waals surface area contributed by atoms with E-state index in [1.54, 1.807) is 23.8 Å². The van der Waals surface area contributed by atoms with Crippen LogP contribution in [0.3, 0.4) is 0 Å². The van der Waals surface area contributed by atoms with E-state index >= 15 is 0 Å². The normalized spacial score (nSPS) is 20.6. The van der Waals surface area contributed by atoms with Gasteiger partial charge in [-0.15, -0.1) is 5.10 Å². The minimum Gasteiger partial charge on any atom is -0.467 e. The molecule has 0 aromatic carbocycles. The van der Waals surface area contributed by atoms with Crippen molar-refractivity contribution in [2.24, 2.45) is 0 Å². The Hall–Kier alpha value is -1.73. The average Bonchev–Trinajstić information content (AvgIpc) is 3.18. The fourth-order valence-corrected chi connectivity index (χ4v) is 3.38. The van der Waals surface area contributed by atoms with Gasteiger partial charge in [0.2, 0.25) is 0 Å². The van der Waals surface area contributed by atoms with Crippen LogP contribution in [-0.2, 0) is 0 Å². The number of hydrogen-bond acceptors (Lipinski definition) is 6. The molecule has 0 saturated carbocycles.